The molecule has 0 aliphatic rings. The molecule has 1 aromatic carbocycles. The van der Waals surface area contributed by atoms with E-state index in [1.165, 1.54) is 0 Å². The van der Waals surface area contributed by atoms with Crippen molar-refractivity contribution in [2.75, 3.05) is 27.5 Å². The van der Waals surface area contributed by atoms with Crippen LogP contribution in [-0.2, 0) is 22.1 Å². The van der Waals surface area contributed by atoms with Gasteiger partial charge in [0.05, 0.1) is 11.2 Å². The van der Waals surface area contributed by atoms with Crippen LogP contribution in [0.15, 0.2) is 24.3 Å². The fourth-order valence-corrected chi connectivity index (χ4v) is 1.71. The predicted octanol–water partition coefficient (Wildman–Crippen LogP) is 1.32. The fourth-order valence-electron chi connectivity index (χ4n) is 1.26. The highest BCUT2D eigenvalue weighted by Gasteiger charge is 2.11. The lowest BCUT2D eigenvalue weighted by molar-refractivity contribution is 0.414. The van der Waals surface area contributed by atoms with Crippen LogP contribution in [0.2, 0.25) is 2.82 Å². The molecule has 0 fully saturated rings. The summed E-state index contributed by atoms with van der Waals surface area (Å²) in [6.07, 6.45) is -5.21. The number of aryl methyl sites for hydroxylation is 1. The van der Waals surface area contributed by atoms with Crippen molar-refractivity contribution in [2.24, 2.45) is 0 Å². The molecule has 0 amide bonds. The van der Waals surface area contributed by atoms with Gasteiger partial charge in [0.15, 0.2) is 1.41 Å². The molecule has 20 heavy (non-hydrogen) atoms. The van der Waals surface area contributed by atoms with Gasteiger partial charge >= 0.3 is 0 Å². The smallest absolute Gasteiger partial charge is 0.215 e. The molecule has 2 N–H and O–H groups in total. The van der Waals surface area contributed by atoms with E-state index in [2.05, 4.69) is 0 Å². The highest BCUT2D eigenvalue weighted by atomic mass is 32.2. The summed E-state index contributed by atoms with van der Waals surface area (Å²) < 4.78 is 167. The molecule has 110 valence electrons. The molecule has 0 radical (unpaired) electrons. The summed E-state index contributed by atoms with van der Waals surface area (Å²) in [4.78, 5) is -0.806. The monoisotopic (exact) mass is 313 g/mol. The third kappa shape index (κ3) is 3.59. The zero-order valence-electron chi connectivity index (χ0n) is 28.1. The van der Waals surface area contributed by atoms with Gasteiger partial charge in [-0.3, -0.25) is 0 Å². The Kier molecular flexibility index (Phi) is 1.22. The van der Waals surface area contributed by atoms with Gasteiger partial charge in [-0.05, 0) is 50.6 Å². The number of sulfonamides is 1. The van der Waals surface area contributed by atoms with Crippen LogP contribution in [-0.4, -0.2) is 45.8 Å². The highest BCUT2D eigenvalue weighted by molar-refractivity contribution is 7.88. The Morgan fingerprint density at radius 3 is 3.10 bits per heavy atom. The van der Waals surface area contributed by atoms with E-state index in [0.717, 1.165) is 0 Å². The molecule has 6 heteroatoms. The van der Waals surface area contributed by atoms with Crippen LogP contribution in [0.4, 0.5) is 0 Å². The summed E-state index contributed by atoms with van der Waals surface area (Å²) >= 11 is 0. The van der Waals surface area contributed by atoms with Crippen molar-refractivity contribution in [1.29, 1.82) is 0 Å². The zero-order valence-corrected chi connectivity index (χ0v) is 10.9. The van der Waals surface area contributed by atoms with Crippen LogP contribution in [0.3, 0.4) is 0 Å². The number of likely N-dealkylation sites (N-methyl/N-ethyl adjacent to an activating group) is 1. The molecule has 2 aromatic rings. The van der Waals surface area contributed by atoms with Crippen molar-refractivity contribution in [3.63, 3.8) is 0 Å². The Hall–Kier alpha value is -1.37. The van der Waals surface area contributed by atoms with Crippen molar-refractivity contribution < 1.29 is 33.2 Å². The zero-order chi connectivity index (χ0) is 30.4. The molecule has 1 heterocycles. The summed E-state index contributed by atoms with van der Waals surface area (Å²) in [5, 5.41) is -1.10. The van der Waals surface area contributed by atoms with Crippen LogP contribution in [0.25, 0.3) is 10.9 Å². The van der Waals surface area contributed by atoms with Crippen LogP contribution < -0.4 is 4.72 Å². The first kappa shape index (κ1) is 4.09. The molecule has 0 bridgehead atoms. The second-order valence-corrected chi connectivity index (χ2v) is 4.92. The molecular formula is C14H21N3O2S. The summed E-state index contributed by atoms with van der Waals surface area (Å²) in [5.74, 6) is 0. The van der Waals surface area contributed by atoms with E-state index in [0.29, 0.717) is 7.05 Å². The van der Waals surface area contributed by atoms with Crippen molar-refractivity contribution in [2.45, 2.75) is 12.1 Å². The van der Waals surface area contributed by atoms with Gasteiger partial charge in [-0.25, -0.2) is 13.1 Å². The molecule has 0 saturated carbocycles. The Labute approximate surface area is 145 Å². The number of aromatic amines is 1. The maximum absolute atomic E-state index is 12.5. The molecule has 0 saturated heterocycles. The van der Waals surface area contributed by atoms with E-state index in [1.807, 2.05) is 0 Å². The second-order valence-electron chi connectivity index (χ2n) is 3.40. The van der Waals surface area contributed by atoms with Crippen molar-refractivity contribution in [1.82, 2.24) is 14.6 Å². The maximum Gasteiger partial charge on any atom is 0.215 e. The average Bonchev–Trinajstić information content (AvgIpc) is 2.95. The maximum atomic E-state index is 12.5. The van der Waals surface area contributed by atoms with Crippen LogP contribution >= 0.6 is 0 Å². The molecule has 1 aromatic heterocycles. The van der Waals surface area contributed by atoms with Crippen LogP contribution in [0.5, 0.6) is 0 Å². The van der Waals surface area contributed by atoms with E-state index in [4.69, 9.17) is 24.8 Å². The van der Waals surface area contributed by atoms with E-state index >= 15 is 0 Å². The topological polar surface area (TPSA) is 65.2 Å². The minimum absolute atomic E-state index is 0.0313. The first-order valence-corrected chi connectivity index (χ1v) is 6.48. The predicted molar refractivity (Wildman–Crippen MR) is 82.2 cm³/mol. The Bertz CT molecular complexity index is 1360. The van der Waals surface area contributed by atoms with Gasteiger partial charge in [-0.1, -0.05) is 6.04 Å². The van der Waals surface area contributed by atoms with Crippen molar-refractivity contribution >= 4 is 20.9 Å². The SMILES string of the molecule is [2H]c1c(C([2H])([2H])S(=O)(=O)N([2H])C)c([2H])c2c(C([2H])([2H])C([2H])([2H])N(C([2H])([2H])[2H])C([2H])([2H])[2H])c([2H])n([2H])c2c1[2H]. The molecule has 0 spiro atoms. The minimum Gasteiger partial charge on any atom is -0.361 e. The normalized spacial score (nSPS) is 29.1. The number of rotatable bonds is 6. The number of nitrogens with one attached hydrogen (secondary N) is 2. The third-order valence-electron chi connectivity index (χ3n) is 2.09. The van der Waals surface area contributed by atoms with Gasteiger partial charge < -0.3 is 9.88 Å². The average molecular weight is 314 g/mol. The first-order valence-electron chi connectivity index (χ1n) is 13.9. The van der Waals surface area contributed by atoms with E-state index in [-0.39, 0.29) is 9.69 Å². The number of H-pyrrole nitrogens is 1. The van der Waals surface area contributed by atoms with Gasteiger partial charge in [0.25, 0.3) is 0 Å². The number of fused-ring (bicyclic) bond motifs is 1. The van der Waals surface area contributed by atoms with Gasteiger partial charge in [-0.15, -0.1) is 0 Å². The third-order valence-corrected chi connectivity index (χ3v) is 3.03. The molecule has 0 aliphatic heterocycles. The van der Waals surface area contributed by atoms with Crippen LogP contribution in [0.1, 0.15) is 33.1 Å². The standard InChI is InChI=1S/C14H21N3O2S/c1-15-20(18,19)10-11-4-5-14-13(8-11)12(9-16-14)6-7-17(2)3/h4-5,8-9,15-16H,6-7,10H2,1-3H3/i2D3,3D3,4D,5D,6D2,7D2,8D,9D,10D2/hD2. The Morgan fingerprint density at radius 2 is 2.40 bits per heavy atom. The van der Waals surface area contributed by atoms with Gasteiger partial charge in [0.1, 0.15) is 1.41 Å². The highest BCUT2D eigenvalue weighted by Crippen LogP contribution is 2.21. The van der Waals surface area contributed by atoms with E-state index < -0.39 is 93.8 Å². The number of benzene rings is 1. The first-order chi connectivity index (χ1) is 16.6. The van der Waals surface area contributed by atoms with Crippen molar-refractivity contribution in [3.8, 4) is 0 Å². The van der Waals surface area contributed by atoms with Gasteiger partial charge in [0.2, 0.25) is 10.0 Å². The molecule has 0 aliphatic carbocycles. The lowest BCUT2D eigenvalue weighted by Gasteiger charge is -2.08. The number of hydrogen-bond donors (Lipinski definition) is 2. The largest absolute Gasteiger partial charge is 0.361 e. The fraction of sp³-hybridized carbons (Fsp3) is 0.429. The molecule has 0 unspecified atom stereocenters. The number of aromatic nitrogens is 1. The summed E-state index contributed by atoms with van der Waals surface area (Å²) in [6, 6.07) is -3.82. The quantitative estimate of drug-likeness (QED) is 0.845. The Balaban J connectivity index is 3.19. The summed E-state index contributed by atoms with van der Waals surface area (Å²) in [7, 11) is -4.70. The van der Waals surface area contributed by atoms with E-state index in [9.17, 15) is 8.42 Å². The molecule has 0 atom stereocenters. The van der Waals surface area contributed by atoms with Gasteiger partial charge in [-0.2, -0.15) is 0 Å². The number of nitrogens with zero attached hydrogens (tertiary/aromatic N) is 1. The number of hydrogen-bond acceptors (Lipinski definition) is 3. The Morgan fingerprint density at radius 1 is 1.60 bits per heavy atom. The molecule has 5 nitrogen and oxygen atoms in total. The minimum atomic E-state index is -5.31. The lowest BCUT2D eigenvalue weighted by atomic mass is 10.1. The van der Waals surface area contributed by atoms with Crippen molar-refractivity contribution in [3.05, 3.63) is 35.4 Å². The lowest BCUT2D eigenvalue weighted by Crippen LogP contribution is -2.20. The summed E-state index contributed by atoms with van der Waals surface area (Å²) in [5.41, 5.74) is -7.47. The second kappa shape index (κ2) is 5.95. The van der Waals surface area contributed by atoms with E-state index in [1.54, 1.807) is 0 Å². The molecule has 2 rings (SSSR count). The summed E-state index contributed by atoms with van der Waals surface area (Å²) in [6.45, 7) is -11.6. The van der Waals surface area contributed by atoms with Gasteiger partial charge in [0, 0.05) is 40.0 Å². The molecular weight excluding hydrogens is 274 g/mol. The van der Waals surface area contributed by atoms with Crippen LogP contribution in [0, 0.1) is 0 Å².